The summed E-state index contributed by atoms with van der Waals surface area (Å²) in [6, 6.07) is 5.33. The Bertz CT molecular complexity index is 517. The third-order valence-electron chi connectivity index (χ3n) is 3.30. The monoisotopic (exact) mass is 258 g/mol. The predicted octanol–water partition coefficient (Wildman–Crippen LogP) is 2.36. The minimum Gasteiger partial charge on any atom is -0.339 e. The Balaban J connectivity index is 2.16. The summed E-state index contributed by atoms with van der Waals surface area (Å²) in [5, 5.41) is 2.69. The van der Waals surface area contributed by atoms with E-state index in [0.717, 1.165) is 31.5 Å². The first-order valence-electron chi connectivity index (χ1n) is 6.45. The minimum absolute atomic E-state index is 0.0802. The van der Waals surface area contributed by atoms with Gasteiger partial charge in [-0.2, -0.15) is 0 Å². The van der Waals surface area contributed by atoms with Crippen molar-refractivity contribution in [3.63, 3.8) is 0 Å². The van der Waals surface area contributed by atoms with Crippen molar-refractivity contribution in [2.45, 2.75) is 19.8 Å². The van der Waals surface area contributed by atoms with Gasteiger partial charge in [-0.05, 0) is 49.6 Å². The van der Waals surface area contributed by atoms with E-state index in [9.17, 15) is 9.59 Å². The third-order valence-corrected chi connectivity index (χ3v) is 3.30. The highest BCUT2D eigenvalue weighted by Crippen LogP contribution is 2.19. The van der Waals surface area contributed by atoms with Gasteiger partial charge in [-0.1, -0.05) is 6.58 Å². The van der Waals surface area contributed by atoms with Gasteiger partial charge in [0.1, 0.15) is 0 Å². The molecule has 0 unspecified atom stereocenters. The predicted molar refractivity (Wildman–Crippen MR) is 75.1 cm³/mol. The molecular formula is C15H18N2O2. The van der Waals surface area contributed by atoms with Crippen LogP contribution in [0.3, 0.4) is 0 Å². The van der Waals surface area contributed by atoms with Crippen LogP contribution in [0.25, 0.3) is 0 Å². The van der Waals surface area contributed by atoms with Crippen LogP contribution in [-0.4, -0.2) is 29.8 Å². The van der Waals surface area contributed by atoms with Gasteiger partial charge in [-0.3, -0.25) is 9.59 Å². The Morgan fingerprint density at radius 1 is 1.32 bits per heavy atom. The van der Waals surface area contributed by atoms with E-state index in [4.69, 9.17) is 0 Å². The molecular weight excluding hydrogens is 240 g/mol. The Kier molecular flexibility index (Phi) is 4.00. The van der Waals surface area contributed by atoms with Crippen molar-refractivity contribution in [3.8, 4) is 0 Å². The molecule has 0 radical (unpaired) electrons. The van der Waals surface area contributed by atoms with Crippen molar-refractivity contribution in [1.82, 2.24) is 4.90 Å². The van der Waals surface area contributed by atoms with Crippen molar-refractivity contribution in [3.05, 3.63) is 42.0 Å². The number of anilines is 1. The van der Waals surface area contributed by atoms with Gasteiger partial charge in [-0.15, -0.1) is 0 Å². The molecule has 1 heterocycles. The molecule has 2 amide bonds. The molecule has 0 aromatic heterocycles. The molecule has 0 atom stereocenters. The summed E-state index contributed by atoms with van der Waals surface area (Å²) < 4.78 is 0. The number of nitrogens with zero attached hydrogens (tertiary/aromatic N) is 1. The summed E-state index contributed by atoms with van der Waals surface area (Å²) in [5.41, 5.74) is 2.26. The van der Waals surface area contributed by atoms with Gasteiger partial charge in [0.25, 0.3) is 5.91 Å². The van der Waals surface area contributed by atoms with Crippen LogP contribution < -0.4 is 5.32 Å². The number of rotatable bonds is 3. The highest BCUT2D eigenvalue weighted by atomic mass is 16.2. The molecule has 4 nitrogen and oxygen atoms in total. The molecule has 1 fully saturated rings. The Morgan fingerprint density at radius 3 is 2.58 bits per heavy atom. The smallest absolute Gasteiger partial charge is 0.254 e. The van der Waals surface area contributed by atoms with Gasteiger partial charge < -0.3 is 10.2 Å². The molecule has 1 aromatic carbocycles. The van der Waals surface area contributed by atoms with Crippen molar-refractivity contribution in [2.24, 2.45) is 0 Å². The number of carbonyl (C=O) groups excluding carboxylic acids is 2. The largest absolute Gasteiger partial charge is 0.339 e. The molecule has 0 aliphatic carbocycles. The van der Waals surface area contributed by atoms with E-state index in [1.54, 1.807) is 12.1 Å². The van der Waals surface area contributed by atoms with Gasteiger partial charge in [0.2, 0.25) is 5.91 Å². The molecule has 0 bridgehead atoms. The molecule has 1 aliphatic heterocycles. The molecule has 0 saturated carbocycles. The van der Waals surface area contributed by atoms with Crippen LogP contribution in [0.5, 0.6) is 0 Å². The molecule has 2 rings (SSSR count). The second-order valence-electron chi connectivity index (χ2n) is 4.72. The van der Waals surface area contributed by atoms with E-state index in [-0.39, 0.29) is 11.8 Å². The summed E-state index contributed by atoms with van der Waals surface area (Å²) in [4.78, 5) is 25.4. The molecule has 1 N–H and O–H groups in total. The number of amides is 2. The van der Waals surface area contributed by atoms with Crippen molar-refractivity contribution >= 4 is 17.5 Å². The maximum Gasteiger partial charge on any atom is 0.254 e. The lowest BCUT2D eigenvalue weighted by Gasteiger charge is -2.17. The fourth-order valence-corrected chi connectivity index (χ4v) is 2.27. The van der Waals surface area contributed by atoms with Crippen molar-refractivity contribution < 1.29 is 9.59 Å². The molecule has 19 heavy (non-hydrogen) atoms. The highest BCUT2D eigenvalue weighted by molar-refractivity contribution is 6.00. The zero-order valence-electron chi connectivity index (χ0n) is 11.1. The average molecular weight is 258 g/mol. The summed E-state index contributed by atoms with van der Waals surface area (Å²) in [6.07, 6.45) is 3.38. The normalized spacial score (nSPS) is 14.3. The van der Waals surface area contributed by atoms with Crippen molar-refractivity contribution in [1.29, 1.82) is 0 Å². The molecule has 100 valence electrons. The fourth-order valence-electron chi connectivity index (χ4n) is 2.27. The zero-order chi connectivity index (χ0) is 13.8. The molecule has 4 heteroatoms. The number of likely N-dealkylation sites (tertiary alicyclic amines) is 1. The first-order chi connectivity index (χ1) is 9.11. The van der Waals surface area contributed by atoms with Crippen LogP contribution in [-0.2, 0) is 4.79 Å². The topological polar surface area (TPSA) is 49.4 Å². The highest BCUT2D eigenvalue weighted by Gasteiger charge is 2.20. The Morgan fingerprint density at radius 2 is 2.00 bits per heavy atom. The van der Waals surface area contributed by atoms with Crippen LogP contribution in [0.2, 0.25) is 0 Å². The van der Waals surface area contributed by atoms with E-state index >= 15 is 0 Å². The van der Waals surface area contributed by atoms with Crippen LogP contribution in [0.1, 0.15) is 28.8 Å². The zero-order valence-corrected chi connectivity index (χ0v) is 11.1. The fraction of sp³-hybridized carbons (Fsp3) is 0.333. The SMILES string of the molecule is C=CC(=O)Nc1ccc(C(=O)N2CCCC2)c(C)c1. The molecule has 0 spiro atoms. The van der Waals surface area contributed by atoms with Crippen LogP contribution in [0.4, 0.5) is 5.69 Å². The van der Waals surface area contributed by atoms with Gasteiger partial charge in [0.05, 0.1) is 0 Å². The van der Waals surface area contributed by atoms with E-state index in [0.29, 0.717) is 11.3 Å². The molecule has 1 saturated heterocycles. The number of carbonyl (C=O) groups is 2. The van der Waals surface area contributed by atoms with Gasteiger partial charge in [0, 0.05) is 24.3 Å². The lowest BCUT2D eigenvalue weighted by Crippen LogP contribution is -2.28. The Labute approximate surface area is 113 Å². The second kappa shape index (κ2) is 5.69. The van der Waals surface area contributed by atoms with Crippen LogP contribution >= 0.6 is 0 Å². The number of hydrogen-bond donors (Lipinski definition) is 1. The maximum absolute atomic E-state index is 12.3. The lowest BCUT2D eigenvalue weighted by atomic mass is 10.1. The standard InChI is InChI=1S/C15H18N2O2/c1-3-14(18)16-12-6-7-13(11(2)10-12)15(19)17-8-4-5-9-17/h3,6-7,10H,1,4-5,8-9H2,2H3,(H,16,18). The minimum atomic E-state index is -0.252. The summed E-state index contributed by atoms with van der Waals surface area (Å²) in [7, 11) is 0. The second-order valence-corrected chi connectivity index (χ2v) is 4.72. The van der Waals surface area contributed by atoms with Crippen molar-refractivity contribution in [2.75, 3.05) is 18.4 Å². The van der Waals surface area contributed by atoms with Gasteiger partial charge in [-0.25, -0.2) is 0 Å². The number of nitrogens with one attached hydrogen (secondary N) is 1. The molecule has 1 aliphatic rings. The van der Waals surface area contributed by atoms with Gasteiger partial charge >= 0.3 is 0 Å². The molecule has 1 aromatic rings. The third kappa shape index (κ3) is 3.02. The quantitative estimate of drug-likeness (QED) is 0.846. The van der Waals surface area contributed by atoms with Gasteiger partial charge in [0.15, 0.2) is 0 Å². The Hall–Kier alpha value is -2.10. The van der Waals surface area contributed by atoms with E-state index in [1.807, 2.05) is 17.9 Å². The van der Waals surface area contributed by atoms with E-state index in [2.05, 4.69) is 11.9 Å². The first kappa shape index (κ1) is 13.3. The van der Waals surface area contributed by atoms with E-state index < -0.39 is 0 Å². The number of aryl methyl sites for hydroxylation is 1. The maximum atomic E-state index is 12.3. The summed E-state index contributed by atoms with van der Waals surface area (Å²) in [6.45, 7) is 6.97. The van der Waals surface area contributed by atoms with Crippen LogP contribution in [0.15, 0.2) is 30.9 Å². The summed E-state index contributed by atoms with van der Waals surface area (Å²) >= 11 is 0. The summed E-state index contributed by atoms with van der Waals surface area (Å²) in [5.74, 6) is -0.172. The number of hydrogen-bond acceptors (Lipinski definition) is 2. The van der Waals surface area contributed by atoms with E-state index in [1.165, 1.54) is 6.08 Å². The number of benzene rings is 1. The average Bonchev–Trinajstić information content (AvgIpc) is 2.92. The lowest BCUT2D eigenvalue weighted by molar-refractivity contribution is -0.111. The first-order valence-corrected chi connectivity index (χ1v) is 6.45. The van der Waals surface area contributed by atoms with Crippen LogP contribution in [0, 0.1) is 6.92 Å².